The van der Waals surface area contributed by atoms with Gasteiger partial charge in [-0.2, -0.15) is 0 Å². The van der Waals surface area contributed by atoms with E-state index in [1.165, 1.54) is 23.9 Å². The number of benzene rings is 2. The molecule has 2 aromatic rings. The van der Waals surface area contributed by atoms with Gasteiger partial charge in [-0.3, -0.25) is 10.1 Å². The zero-order chi connectivity index (χ0) is 15.5. The lowest BCUT2D eigenvalue weighted by Gasteiger charge is -2.06. The number of thioether (sulfide) groups is 1. The fraction of sp³-hybridized carbons (Fsp3) is 0.143. The minimum Gasteiger partial charge on any atom is -0.258 e. The van der Waals surface area contributed by atoms with Crippen molar-refractivity contribution < 1.29 is 13.3 Å². The number of nitrogens with zero attached hydrogens (tertiary/aromatic N) is 1. The maximum absolute atomic E-state index is 11.7. The monoisotopic (exact) mass is 323 g/mol. The van der Waals surface area contributed by atoms with E-state index >= 15 is 0 Å². The molecule has 0 unspecified atom stereocenters. The van der Waals surface area contributed by atoms with Crippen LogP contribution < -0.4 is 0 Å². The summed E-state index contributed by atoms with van der Waals surface area (Å²) in [4.78, 5) is 10.7. The fourth-order valence-electron chi connectivity index (χ4n) is 1.83. The minimum atomic E-state index is -3.64. The molecule has 0 saturated heterocycles. The number of para-hydroxylation sites is 1. The first-order valence-corrected chi connectivity index (χ1v) is 8.91. The van der Waals surface area contributed by atoms with Gasteiger partial charge in [-0.15, -0.1) is 11.8 Å². The number of hydrogen-bond acceptors (Lipinski definition) is 5. The Morgan fingerprint density at radius 3 is 2.33 bits per heavy atom. The van der Waals surface area contributed by atoms with Crippen molar-refractivity contribution in [3.8, 4) is 0 Å². The van der Waals surface area contributed by atoms with Crippen molar-refractivity contribution in [3.63, 3.8) is 0 Å². The molecule has 0 aliphatic rings. The molecule has 0 heterocycles. The molecule has 7 heteroatoms. The van der Waals surface area contributed by atoms with Gasteiger partial charge in [0.1, 0.15) is 4.90 Å². The molecule has 0 saturated carbocycles. The van der Waals surface area contributed by atoms with E-state index in [1.54, 1.807) is 6.07 Å². The molecule has 0 amide bonds. The molecule has 0 aromatic heterocycles. The van der Waals surface area contributed by atoms with Crippen LogP contribution in [0.4, 0.5) is 5.69 Å². The van der Waals surface area contributed by atoms with Crippen LogP contribution in [0, 0.1) is 10.1 Å². The normalized spacial score (nSPS) is 11.3. The smallest absolute Gasteiger partial charge is 0.258 e. The number of rotatable bonds is 5. The summed E-state index contributed by atoms with van der Waals surface area (Å²) in [5.74, 6) is 0.537. The molecule has 2 rings (SSSR count). The molecule has 0 atom stereocenters. The molecule has 0 spiro atoms. The van der Waals surface area contributed by atoms with Gasteiger partial charge in [0.15, 0.2) is 9.84 Å². The molecule has 0 N–H and O–H groups in total. The number of hydrogen-bond donors (Lipinski definition) is 0. The third-order valence-corrected chi connectivity index (χ3v) is 5.03. The van der Waals surface area contributed by atoms with Crippen LogP contribution in [0.25, 0.3) is 0 Å². The maximum Gasteiger partial charge on any atom is 0.301 e. The highest BCUT2D eigenvalue weighted by molar-refractivity contribution is 7.98. The van der Waals surface area contributed by atoms with Gasteiger partial charge in [-0.05, 0) is 17.7 Å². The third-order valence-electron chi connectivity index (χ3n) is 2.78. The molecular weight excluding hydrogens is 310 g/mol. The summed E-state index contributed by atoms with van der Waals surface area (Å²) >= 11 is 1.25. The van der Waals surface area contributed by atoms with Crippen LogP contribution in [-0.2, 0) is 15.6 Å². The lowest BCUT2D eigenvalue weighted by Crippen LogP contribution is -2.03. The quantitative estimate of drug-likeness (QED) is 0.479. The first-order valence-electron chi connectivity index (χ1n) is 6.04. The van der Waals surface area contributed by atoms with Crippen LogP contribution in [-0.4, -0.2) is 19.6 Å². The molecule has 0 aliphatic carbocycles. The van der Waals surface area contributed by atoms with Crippen LogP contribution in [0.5, 0.6) is 0 Å². The summed E-state index contributed by atoms with van der Waals surface area (Å²) < 4.78 is 23.3. The first kappa shape index (κ1) is 15.5. The van der Waals surface area contributed by atoms with Crippen LogP contribution in [0.15, 0.2) is 58.3 Å². The molecule has 5 nitrogen and oxygen atoms in total. The van der Waals surface area contributed by atoms with Crippen molar-refractivity contribution in [3.05, 3.63) is 64.2 Å². The van der Waals surface area contributed by atoms with E-state index in [0.717, 1.165) is 11.8 Å². The molecule has 2 aromatic carbocycles. The predicted molar refractivity (Wildman–Crippen MR) is 82.2 cm³/mol. The van der Waals surface area contributed by atoms with Crippen molar-refractivity contribution in [2.24, 2.45) is 0 Å². The van der Waals surface area contributed by atoms with Crippen molar-refractivity contribution >= 4 is 27.3 Å². The summed E-state index contributed by atoms with van der Waals surface area (Å²) in [5.41, 5.74) is 0.669. The van der Waals surface area contributed by atoms with Gasteiger partial charge in [-0.25, -0.2) is 8.42 Å². The summed E-state index contributed by atoms with van der Waals surface area (Å²) in [6, 6.07) is 13.9. The summed E-state index contributed by atoms with van der Waals surface area (Å²) in [7, 11) is -3.64. The molecule has 0 radical (unpaired) electrons. The Kier molecular flexibility index (Phi) is 4.64. The molecule has 0 fully saturated rings. The second-order valence-corrected chi connectivity index (χ2v) is 7.41. The van der Waals surface area contributed by atoms with Gasteiger partial charge in [-0.1, -0.05) is 36.4 Å². The van der Waals surface area contributed by atoms with E-state index < -0.39 is 14.8 Å². The van der Waals surface area contributed by atoms with Crippen LogP contribution in [0.2, 0.25) is 0 Å². The summed E-state index contributed by atoms with van der Waals surface area (Å²) in [5, 5.41) is 11.2. The van der Waals surface area contributed by atoms with Crippen molar-refractivity contribution in [2.45, 2.75) is 15.5 Å². The van der Waals surface area contributed by atoms with Crippen LogP contribution >= 0.6 is 11.8 Å². The molecule has 0 bridgehead atoms. The zero-order valence-corrected chi connectivity index (χ0v) is 12.9. The first-order chi connectivity index (χ1) is 9.89. The Balaban J connectivity index is 2.38. The largest absolute Gasteiger partial charge is 0.301 e. The Labute approximate surface area is 127 Å². The van der Waals surface area contributed by atoms with Gasteiger partial charge < -0.3 is 0 Å². The second kappa shape index (κ2) is 6.28. The van der Waals surface area contributed by atoms with Crippen LogP contribution in [0.1, 0.15) is 5.56 Å². The molecule has 0 aliphatic heterocycles. The van der Waals surface area contributed by atoms with Gasteiger partial charge in [0, 0.05) is 12.0 Å². The van der Waals surface area contributed by atoms with E-state index in [2.05, 4.69) is 0 Å². The topological polar surface area (TPSA) is 77.3 Å². The summed E-state index contributed by atoms with van der Waals surface area (Å²) in [6.45, 7) is 0. The van der Waals surface area contributed by atoms with E-state index in [1.807, 2.05) is 30.3 Å². The zero-order valence-electron chi connectivity index (χ0n) is 11.2. The van der Waals surface area contributed by atoms with Crippen LogP contribution in [0.3, 0.4) is 0 Å². The Hall–Kier alpha value is -1.86. The lowest BCUT2D eigenvalue weighted by atomic mass is 10.2. The maximum atomic E-state index is 11.7. The highest BCUT2D eigenvalue weighted by Gasteiger charge is 2.26. The molecule has 21 heavy (non-hydrogen) atoms. The fourth-order valence-corrected chi connectivity index (χ4v) is 3.77. The second-order valence-electron chi connectivity index (χ2n) is 4.41. The van der Waals surface area contributed by atoms with E-state index in [9.17, 15) is 18.5 Å². The van der Waals surface area contributed by atoms with Crippen molar-refractivity contribution in [1.29, 1.82) is 0 Å². The molecule has 110 valence electrons. The van der Waals surface area contributed by atoms with Crippen molar-refractivity contribution in [1.82, 2.24) is 0 Å². The number of nitro groups is 1. The van der Waals surface area contributed by atoms with E-state index in [4.69, 9.17) is 0 Å². The van der Waals surface area contributed by atoms with Gasteiger partial charge >= 0.3 is 5.69 Å². The van der Waals surface area contributed by atoms with Gasteiger partial charge in [0.2, 0.25) is 0 Å². The predicted octanol–water partition coefficient (Wildman–Crippen LogP) is 3.29. The van der Waals surface area contributed by atoms with Gasteiger partial charge in [0.25, 0.3) is 0 Å². The minimum absolute atomic E-state index is 0.245. The highest BCUT2D eigenvalue weighted by Crippen LogP contribution is 2.36. The Bertz CT molecular complexity index is 758. The molecular formula is C14H13NO4S2. The average Bonchev–Trinajstić information content (AvgIpc) is 2.44. The Morgan fingerprint density at radius 2 is 1.76 bits per heavy atom. The standard InChI is InChI=1S/C14H13NO4S2/c1-21(18,19)13-9-5-8-12(14(13)15(16)17)20-10-11-6-3-2-4-7-11/h2-9H,10H2,1H3. The van der Waals surface area contributed by atoms with E-state index in [-0.39, 0.29) is 10.6 Å². The Morgan fingerprint density at radius 1 is 1.10 bits per heavy atom. The van der Waals surface area contributed by atoms with E-state index in [0.29, 0.717) is 10.6 Å². The van der Waals surface area contributed by atoms with Gasteiger partial charge in [0.05, 0.1) is 9.82 Å². The number of sulfone groups is 1. The average molecular weight is 323 g/mol. The highest BCUT2D eigenvalue weighted by atomic mass is 32.2. The third kappa shape index (κ3) is 3.83. The summed E-state index contributed by atoms with van der Waals surface area (Å²) in [6.07, 6.45) is 0.973. The number of nitro benzene ring substituents is 1. The SMILES string of the molecule is CS(=O)(=O)c1cccc(SCc2ccccc2)c1[N+](=O)[O-]. The van der Waals surface area contributed by atoms with Crippen molar-refractivity contribution in [2.75, 3.05) is 6.26 Å². The lowest BCUT2D eigenvalue weighted by molar-refractivity contribution is -0.390.